The van der Waals surface area contributed by atoms with Crippen LogP contribution in [0, 0.1) is 10.1 Å². The van der Waals surface area contributed by atoms with Crippen LogP contribution < -0.4 is 16.4 Å². The van der Waals surface area contributed by atoms with Crippen molar-refractivity contribution in [2.45, 2.75) is 13.8 Å². The van der Waals surface area contributed by atoms with E-state index < -0.39 is 16.9 Å². The van der Waals surface area contributed by atoms with Crippen LogP contribution in [0.3, 0.4) is 0 Å². The van der Waals surface area contributed by atoms with E-state index in [9.17, 15) is 19.7 Å². The summed E-state index contributed by atoms with van der Waals surface area (Å²) in [6, 6.07) is 3.93. The molecule has 0 unspecified atom stereocenters. The number of benzene rings is 1. The highest BCUT2D eigenvalue weighted by molar-refractivity contribution is 5.94. The summed E-state index contributed by atoms with van der Waals surface area (Å²) in [6.45, 7) is 4.02. The number of primary amides is 1. The zero-order valence-electron chi connectivity index (χ0n) is 12.8. The Hall–Kier alpha value is -3.10. The van der Waals surface area contributed by atoms with E-state index in [2.05, 4.69) is 10.6 Å². The Labute approximate surface area is 132 Å². The molecule has 0 saturated heterocycles. The number of nitrogens with one attached hydrogen (secondary N) is 2. The number of nitrogens with two attached hydrogens (primary N) is 1. The molecule has 2 amide bonds. The second kappa shape index (κ2) is 7.78. The minimum Gasteiger partial charge on any atom is -0.465 e. The summed E-state index contributed by atoms with van der Waals surface area (Å²) >= 11 is 0. The van der Waals surface area contributed by atoms with Crippen LogP contribution in [0.15, 0.2) is 29.3 Å². The Morgan fingerprint density at radius 3 is 2.39 bits per heavy atom. The first kappa shape index (κ1) is 18.0. The average Bonchev–Trinajstić information content (AvgIpc) is 2.49. The zero-order valence-corrected chi connectivity index (χ0v) is 12.8. The summed E-state index contributed by atoms with van der Waals surface area (Å²) in [5.74, 6) is -0.744. The van der Waals surface area contributed by atoms with Crippen molar-refractivity contribution >= 4 is 23.4 Å². The van der Waals surface area contributed by atoms with E-state index in [0.717, 1.165) is 17.2 Å². The Morgan fingerprint density at radius 1 is 1.26 bits per heavy atom. The van der Waals surface area contributed by atoms with E-state index in [1.807, 2.05) is 0 Å². The molecule has 0 atom stereocenters. The highest BCUT2D eigenvalue weighted by Gasteiger charge is 2.16. The molecular formula is C14H18N4O5. The number of anilines is 1. The first-order chi connectivity index (χ1) is 10.7. The molecule has 0 spiro atoms. The molecule has 0 fully saturated rings. The van der Waals surface area contributed by atoms with E-state index in [0.29, 0.717) is 6.54 Å². The second-order valence-corrected chi connectivity index (χ2v) is 4.93. The predicted octanol–water partition coefficient (Wildman–Crippen LogP) is 1.71. The van der Waals surface area contributed by atoms with Crippen LogP contribution in [-0.4, -0.2) is 35.1 Å². The standard InChI is InChI=1S/C14H18N4O5/c1-8(9(2)7-17-14(20)21)6-16-11-4-3-10(13(15)19)5-12(11)18(22)23/h3-5,16-17H,6-7H2,1-2H3,(H2,15,19)(H,20,21). The van der Waals surface area contributed by atoms with Crippen LogP contribution in [0.25, 0.3) is 0 Å². The van der Waals surface area contributed by atoms with E-state index >= 15 is 0 Å². The van der Waals surface area contributed by atoms with Crippen molar-refractivity contribution in [1.82, 2.24) is 5.32 Å². The van der Waals surface area contributed by atoms with Gasteiger partial charge in [-0.3, -0.25) is 14.9 Å². The Bertz CT molecular complexity index is 669. The first-order valence-corrected chi connectivity index (χ1v) is 6.66. The van der Waals surface area contributed by atoms with Crippen molar-refractivity contribution in [3.63, 3.8) is 0 Å². The molecule has 124 valence electrons. The minimum atomic E-state index is -1.12. The smallest absolute Gasteiger partial charge is 0.404 e. The highest BCUT2D eigenvalue weighted by Crippen LogP contribution is 2.25. The van der Waals surface area contributed by atoms with Gasteiger partial charge >= 0.3 is 6.09 Å². The van der Waals surface area contributed by atoms with Crippen molar-refractivity contribution in [3.8, 4) is 0 Å². The lowest BCUT2D eigenvalue weighted by molar-refractivity contribution is -0.384. The van der Waals surface area contributed by atoms with Gasteiger partial charge in [-0.1, -0.05) is 11.1 Å². The molecule has 9 heteroatoms. The molecule has 1 aromatic rings. The fourth-order valence-corrected chi connectivity index (χ4v) is 1.72. The normalized spacial score (nSPS) is 11.4. The summed E-state index contributed by atoms with van der Waals surface area (Å²) in [6.07, 6.45) is -1.12. The first-order valence-electron chi connectivity index (χ1n) is 6.66. The monoisotopic (exact) mass is 322 g/mol. The number of nitrogens with zero attached hydrogens (tertiary/aromatic N) is 1. The number of hydrogen-bond donors (Lipinski definition) is 4. The van der Waals surface area contributed by atoms with E-state index in [1.54, 1.807) is 13.8 Å². The number of carboxylic acid groups (broad SMARTS) is 1. The van der Waals surface area contributed by atoms with Crippen LogP contribution in [0.1, 0.15) is 24.2 Å². The summed E-state index contributed by atoms with van der Waals surface area (Å²) in [5.41, 5.74) is 6.80. The molecule has 0 aliphatic rings. The molecule has 23 heavy (non-hydrogen) atoms. The van der Waals surface area contributed by atoms with Crippen molar-refractivity contribution in [2.75, 3.05) is 18.4 Å². The number of carbonyl (C=O) groups excluding carboxylic acids is 1. The van der Waals surface area contributed by atoms with Gasteiger partial charge in [-0.15, -0.1) is 0 Å². The minimum absolute atomic E-state index is 0.0522. The molecule has 9 nitrogen and oxygen atoms in total. The van der Waals surface area contributed by atoms with Gasteiger partial charge in [-0.25, -0.2) is 4.79 Å². The van der Waals surface area contributed by atoms with Crippen molar-refractivity contribution in [1.29, 1.82) is 0 Å². The van der Waals surface area contributed by atoms with Crippen LogP contribution in [0.4, 0.5) is 16.2 Å². The van der Waals surface area contributed by atoms with Gasteiger partial charge in [-0.05, 0) is 26.0 Å². The SMILES string of the molecule is CC(CNC(=O)O)=C(C)CNc1ccc(C(N)=O)cc1[N+](=O)[O-]. The maximum Gasteiger partial charge on any atom is 0.404 e. The summed E-state index contributed by atoms with van der Waals surface area (Å²) in [4.78, 5) is 32.0. The molecular weight excluding hydrogens is 304 g/mol. The van der Waals surface area contributed by atoms with Gasteiger partial charge in [0.1, 0.15) is 5.69 Å². The van der Waals surface area contributed by atoms with Gasteiger partial charge in [0.15, 0.2) is 0 Å². The van der Waals surface area contributed by atoms with Crippen LogP contribution in [-0.2, 0) is 0 Å². The topological polar surface area (TPSA) is 148 Å². The molecule has 0 bridgehead atoms. The summed E-state index contributed by atoms with van der Waals surface area (Å²) in [7, 11) is 0. The van der Waals surface area contributed by atoms with Crippen LogP contribution in [0.2, 0.25) is 0 Å². The predicted molar refractivity (Wildman–Crippen MR) is 84.5 cm³/mol. The number of amides is 2. The second-order valence-electron chi connectivity index (χ2n) is 4.93. The maximum atomic E-state index is 11.1. The summed E-state index contributed by atoms with van der Waals surface area (Å²) in [5, 5.41) is 24.8. The van der Waals surface area contributed by atoms with Crippen molar-refractivity contribution in [3.05, 3.63) is 45.0 Å². The zero-order chi connectivity index (χ0) is 17.6. The molecule has 0 aliphatic heterocycles. The van der Waals surface area contributed by atoms with Crippen molar-refractivity contribution < 1.29 is 19.6 Å². The quantitative estimate of drug-likeness (QED) is 0.341. The third-order valence-electron chi connectivity index (χ3n) is 3.26. The molecule has 0 aromatic heterocycles. The van der Waals surface area contributed by atoms with E-state index in [1.165, 1.54) is 12.1 Å². The van der Waals surface area contributed by atoms with Crippen LogP contribution in [0.5, 0.6) is 0 Å². The Morgan fingerprint density at radius 2 is 1.87 bits per heavy atom. The molecule has 1 aromatic carbocycles. The molecule has 0 aliphatic carbocycles. The van der Waals surface area contributed by atoms with Gasteiger partial charge in [0.2, 0.25) is 5.91 Å². The van der Waals surface area contributed by atoms with Gasteiger partial charge in [-0.2, -0.15) is 0 Å². The Balaban J connectivity index is 2.88. The number of carbonyl (C=O) groups is 2. The number of nitro benzene ring substituents is 1. The molecule has 1 rings (SSSR count). The van der Waals surface area contributed by atoms with Crippen LogP contribution >= 0.6 is 0 Å². The maximum absolute atomic E-state index is 11.1. The Kier molecular flexibility index (Phi) is 6.07. The average molecular weight is 322 g/mol. The molecule has 0 radical (unpaired) electrons. The number of nitro groups is 1. The fourth-order valence-electron chi connectivity index (χ4n) is 1.72. The highest BCUT2D eigenvalue weighted by atomic mass is 16.6. The molecule has 5 N–H and O–H groups in total. The van der Waals surface area contributed by atoms with Gasteiger partial charge in [0.05, 0.1) is 4.92 Å². The van der Waals surface area contributed by atoms with Crippen molar-refractivity contribution in [2.24, 2.45) is 5.73 Å². The van der Waals surface area contributed by atoms with Gasteiger partial charge in [0, 0.05) is 24.7 Å². The number of rotatable bonds is 7. The third kappa shape index (κ3) is 5.30. The lowest BCUT2D eigenvalue weighted by Crippen LogP contribution is -2.23. The van der Waals surface area contributed by atoms with E-state index in [4.69, 9.17) is 10.8 Å². The molecule has 0 saturated carbocycles. The summed E-state index contributed by atoms with van der Waals surface area (Å²) < 4.78 is 0. The van der Waals surface area contributed by atoms with Gasteiger partial charge in [0.25, 0.3) is 5.69 Å². The van der Waals surface area contributed by atoms with E-state index in [-0.39, 0.29) is 23.5 Å². The molecule has 0 heterocycles. The third-order valence-corrected chi connectivity index (χ3v) is 3.26. The van der Waals surface area contributed by atoms with Gasteiger partial charge < -0.3 is 21.5 Å². The largest absolute Gasteiger partial charge is 0.465 e. The fraction of sp³-hybridized carbons (Fsp3) is 0.286. The lowest BCUT2D eigenvalue weighted by atomic mass is 10.1. The lowest BCUT2D eigenvalue weighted by Gasteiger charge is -2.11. The number of hydrogen-bond acceptors (Lipinski definition) is 5.